The highest BCUT2D eigenvalue weighted by molar-refractivity contribution is 5.82. The lowest BCUT2D eigenvalue weighted by Gasteiger charge is -2.43. The molecule has 2 atom stereocenters. The molecule has 2 fully saturated rings. The zero-order valence-electron chi connectivity index (χ0n) is 22.1. The molecule has 7 heteroatoms. The number of benzene rings is 1. The van der Waals surface area contributed by atoms with Gasteiger partial charge in [0.25, 0.3) is 0 Å². The summed E-state index contributed by atoms with van der Waals surface area (Å²) in [4.78, 5) is 34.2. The molecular weight excluding hydrogens is 466 g/mol. The van der Waals surface area contributed by atoms with Gasteiger partial charge in [-0.3, -0.25) is 19.5 Å². The minimum absolute atomic E-state index is 0.0487. The Labute approximate surface area is 219 Å². The maximum Gasteiger partial charge on any atom is 0.325 e. The van der Waals surface area contributed by atoms with Crippen LogP contribution in [0.25, 0.3) is 0 Å². The number of para-hydroxylation sites is 1. The normalized spacial score (nSPS) is 20.9. The van der Waals surface area contributed by atoms with Gasteiger partial charge >= 0.3 is 5.97 Å². The standard InChI is InChI=1S/C30H39N3O4/c1-20(2)37-27-10-6-4-8-25(27)28(30(35)36)33-18-23(19-33)29(34)32-16-15-21(17-32)11-13-24-14-12-22-7-3-5-9-26(22)31-24/h4,6,8,10,12,14,20-21,23,28H,3,5,7,9,11,13,15-19H2,1-2H3,(H,35,36)/t21-,28-/m1/s1. The molecule has 1 amide bonds. The molecule has 0 unspecified atom stereocenters. The van der Waals surface area contributed by atoms with Crippen molar-refractivity contribution in [1.29, 1.82) is 0 Å². The highest BCUT2D eigenvalue weighted by atomic mass is 16.5. The molecular formula is C30H39N3O4. The maximum atomic E-state index is 13.2. The van der Waals surface area contributed by atoms with Crippen LogP contribution < -0.4 is 4.74 Å². The van der Waals surface area contributed by atoms with Crippen molar-refractivity contribution >= 4 is 11.9 Å². The van der Waals surface area contributed by atoms with Crippen molar-refractivity contribution in [1.82, 2.24) is 14.8 Å². The second-order valence-corrected chi connectivity index (χ2v) is 11.2. The monoisotopic (exact) mass is 505 g/mol. The van der Waals surface area contributed by atoms with Gasteiger partial charge in [0.05, 0.1) is 12.0 Å². The van der Waals surface area contributed by atoms with Crippen molar-refractivity contribution in [2.45, 2.75) is 70.9 Å². The summed E-state index contributed by atoms with van der Waals surface area (Å²) in [6, 6.07) is 11.0. The number of pyridine rings is 1. The third-order valence-electron chi connectivity index (χ3n) is 8.08. The van der Waals surface area contributed by atoms with Crippen molar-refractivity contribution < 1.29 is 19.4 Å². The molecule has 1 aliphatic carbocycles. The Bertz CT molecular complexity index is 1130. The first-order chi connectivity index (χ1) is 17.9. The third-order valence-corrected chi connectivity index (χ3v) is 8.08. The van der Waals surface area contributed by atoms with Gasteiger partial charge in [-0.15, -0.1) is 0 Å². The predicted molar refractivity (Wildman–Crippen MR) is 142 cm³/mol. The topological polar surface area (TPSA) is 83.0 Å². The van der Waals surface area contributed by atoms with Gasteiger partial charge in [-0.1, -0.05) is 24.3 Å². The SMILES string of the molecule is CC(C)Oc1ccccc1[C@H](C(=O)O)N1CC(C(=O)N2CC[C@@H](CCc3ccc4c(n3)CCCC4)C2)C1. The summed E-state index contributed by atoms with van der Waals surface area (Å²) in [5, 5.41) is 10.0. The molecule has 2 aliphatic heterocycles. The number of carboxylic acid groups (broad SMARTS) is 1. The zero-order chi connectivity index (χ0) is 25.9. The van der Waals surface area contributed by atoms with E-state index in [0.29, 0.717) is 30.3 Å². The van der Waals surface area contributed by atoms with Crippen LogP contribution in [0.15, 0.2) is 36.4 Å². The summed E-state index contributed by atoms with van der Waals surface area (Å²) < 4.78 is 5.88. The predicted octanol–water partition coefficient (Wildman–Crippen LogP) is 4.29. The van der Waals surface area contributed by atoms with Gasteiger partial charge in [0.2, 0.25) is 5.91 Å². The number of nitrogens with zero attached hydrogens (tertiary/aromatic N) is 3. The fraction of sp³-hybridized carbons (Fsp3) is 0.567. The van der Waals surface area contributed by atoms with Crippen LogP contribution in [-0.4, -0.2) is 64.0 Å². The van der Waals surface area contributed by atoms with Crippen LogP contribution >= 0.6 is 0 Å². The van der Waals surface area contributed by atoms with E-state index in [1.165, 1.54) is 29.8 Å². The molecule has 0 saturated carbocycles. The maximum absolute atomic E-state index is 13.2. The van der Waals surface area contributed by atoms with Crippen LogP contribution in [0.5, 0.6) is 5.75 Å². The number of likely N-dealkylation sites (tertiary alicyclic amines) is 2. The molecule has 5 rings (SSSR count). The molecule has 0 spiro atoms. The Morgan fingerprint density at radius 3 is 2.65 bits per heavy atom. The van der Waals surface area contributed by atoms with E-state index in [0.717, 1.165) is 45.2 Å². The molecule has 0 bridgehead atoms. The van der Waals surface area contributed by atoms with E-state index < -0.39 is 12.0 Å². The lowest BCUT2D eigenvalue weighted by molar-refractivity contribution is -0.152. The summed E-state index contributed by atoms with van der Waals surface area (Å²) >= 11 is 0. The van der Waals surface area contributed by atoms with Gasteiger partial charge in [-0.05, 0) is 82.4 Å². The summed E-state index contributed by atoms with van der Waals surface area (Å²) in [6.45, 7) is 6.38. The first-order valence-corrected chi connectivity index (χ1v) is 13.9. The number of rotatable bonds is 9. The molecule has 37 heavy (non-hydrogen) atoms. The van der Waals surface area contributed by atoms with Gasteiger partial charge in [0.15, 0.2) is 0 Å². The molecule has 2 saturated heterocycles. The van der Waals surface area contributed by atoms with E-state index in [4.69, 9.17) is 9.72 Å². The van der Waals surface area contributed by atoms with Gasteiger partial charge in [0.1, 0.15) is 11.8 Å². The average molecular weight is 506 g/mol. The Morgan fingerprint density at radius 2 is 1.86 bits per heavy atom. The number of hydrogen-bond acceptors (Lipinski definition) is 5. The van der Waals surface area contributed by atoms with Crippen LogP contribution in [0, 0.1) is 11.8 Å². The molecule has 198 valence electrons. The number of fused-ring (bicyclic) bond motifs is 1. The minimum atomic E-state index is -0.914. The lowest BCUT2D eigenvalue weighted by atomic mass is 9.92. The Morgan fingerprint density at radius 1 is 1.08 bits per heavy atom. The highest BCUT2D eigenvalue weighted by Gasteiger charge is 2.43. The van der Waals surface area contributed by atoms with Gasteiger partial charge in [-0.25, -0.2) is 0 Å². The van der Waals surface area contributed by atoms with E-state index in [-0.39, 0.29) is 17.9 Å². The molecule has 1 N–H and O–H groups in total. The Hall–Kier alpha value is -2.93. The fourth-order valence-electron chi connectivity index (χ4n) is 6.08. The van der Waals surface area contributed by atoms with E-state index in [9.17, 15) is 14.7 Å². The first kappa shape index (κ1) is 25.7. The van der Waals surface area contributed by atoms with Crippen LogP contribution in [0.4, 0.5) is 0 Å². The van der Waals surface area contributed by atoms with Gasteiger partial charge in [-0.2, -0.15) is 0 Å². The molecule has 2 aromatic rings. The second kappa shape index (κ2) is 11.2. The summed E-state index contributed by atoms with van der Waals surface area (Å²) in [6.07, 6.45) is 7.79. The smallest absolute Gasteiger partial charge is 0.325 e. The van der Waals surface area contributed by atoms with E-state index in [2.05, 4.69) is 12.1 Å². The van der Waals surface area contributed by atoms with Crippen LogP contribution in [0.1, 0.15) is 68.1 Å². The molecule has 1 aromatic heterocycles. The average Bonchev–Trinajstić information content (AvgIpc) is 3.33. The van der Waals surface area contributed by atoms with Crippen LogP contribution in [0.3, 0.4) is 0 Å². The molecule has 7 nitrogen and oxygen atoms in total. The molecule has 0 radical (unpaired) electrons. The Kier molecular flexibility index (Phi) is 7.79. The number of carbonyl (C=O) groups is 2. The van der Waals surface area contributed by atoms with E-state index >= 15 is 0 Å². The summed E-state index contributed by atoms with van der Waals surface area (Å²) in [5.41, 5.74) is 4.54. The molecule has 1 aromatic carbocycles. The van der Waals surface area contributed by atoms with Crippen molar-refractivity contribution in [2.24, 2.45) is 11.8 Å². The number of aliphatic carboxylic acids is 1. The number of carboxylic acids is 1. The number of hydrogen-bond donors (Lipinski definition) is 1. The first-order valence-electron chi connectivity index (χ1n) is 13.9. The lowest BCUT2D eigenvalue weighted by Crippen LogP contribution is -2.56. The molecule has 3 heterocycles. The number of ether oxygens (including phenoxy) is 1. The number of amides is 1. The zero-order valence-corrected chi connectivity index (χ0v) is 22.1. The highest BCUT2D eigenvalue weighted by Crippen LogP contribution is 2.36. The fourth-order valence-corrected chi connectivity index (χ4v) is 6.08. The Balaban J connectivity index is 1.13. The summed E-state index contributed by atoms with van der Waals surface area (Å²) in [7, 11) is 0. The van der Waals surface area contributed by atoms with E-state index in [1.54, 1.807) is 0 Å². The number of carbonyl (C=O) groups excluding carboxylic acids is 1. The largest absolute Gasteiger partial charge is 0.491 e. The van der Waals surface area contributed by atoms with Crippen molar-refractivity contribution in [3.05, 3.63) is 58.9 Å². The van der Waals surface area contributed by atoms with Crippen LogP contribution in [0.2, 0.25) is 0 Å². The van der Waals surface area contributed by atoms with Crippen molar-refractivity contribution in [3.63, 3.8) is 0 Å². The number of aryl methyl sites for hydroxylation is 3. The molecule has 3 aliphatic rings. The summed E-state index contributed by atoms with van der Waals surface area (Å²) in [5.74, 6) is 0.214. The van der Waals surface area contributed by atoms with Crippen molar-refractivity contribution in [3.8, 4) is 5.75 Å². The van der Waals surface area contributed by atoms with Crippen LogP contribution in [-0.2, 0) is 28.9 Å². The second-order valence-electron chi connectivity index (χ2n) is 11.2. The minimum Gasteiger partial charge on any atom is -0.491 e. The van der Waals surface area contributed by atoms with Gasteiger partial charge in [0, 0.05) is 43.1 Å². The van der Waals surface area contributed by atoms with E-state index in [1.807, 2.05) is 47.9 Å². The third kappa shape index (κ3) is 5.82. The number of aromatic nitrogens is 1. The quantitative estimate of drug-likeness (QED) is 0.548. The van der Waals surface area contributed by atoms with Crippen molar-refractivity contribution in [2.75, 3.05) is 26.2 Å². The van der Waals surface area contributed by atoms with Gasteiger partial charge < -0.3 is 14.7 Å².